The fourth-order valence-corrected chi connectivity index (χ4v) is 2.69. The molecule has 8 nitrogen and oxygen atoms in total. The van der Waals surface area contributed by atoms with Crippen molar-refractivity contribution in [1.29, 1.82) is 0 Å². The third-order valence-electron chi connectivity index (χ3n) is 3.84. The lowest BCUT2D eigenvalue weighted by molar-refractivity contribution is 0.0492. The van der Waals surface area contributed by atoms with Crippen molar-refractivity contribution in [2.75, 3.05) is 6.61 Å². The number of halogens is 1. The molecule has 3 aromatic rings. The Morgan fingerprint density at radius 3 is 2.72 bits per heavy atom. The Balaban J connectivity index is 1.80. The zero-order chi connectivity index (χ0) is 18.1. The van der Waals surface area contributed by atoms with E-state index in [2.05, 4.69) is 4.98 Å². The van der Waals surface area contributed by atoms with Gasteiger partial charge < -0.3 is 9.30 Å². The van der Waals surface area contributed by atoms with Crippen LogP contribution in [0.4, 0.5) is 0 Å². The highest BCUT2D eigenvalue weighted by Crippen LogP contribution is 2.12. The molecule has 0 aliphatic carbocycles. The number of esters is 1. The van der Waals surface area contributed by atoms with E-state index in [4.69, 9.17) is 16.3 Å². The number of imidazole rings is 1. The summed E-state index contributed by atoms with van der Waals surface area (Å²) in [6.45, 7) is 0.277. The Kier molecular flexibility index (Phi) is 4.45. The first-order valence-electron chi connectivity index (χ1n) is 7.43. The first-order valence-corrected chi connectivity index (χ1v) is 7.81. The SMILES string of the molecule is Cn1c(=O)c2c(ncn2CCOC(=O)c2cccc(Cl)c2)n(C)c1=O. The van der Waals surface area contributed by atoms with Gasteiger partial charge in [0.1, 0.15) is 6.61 Å². The van der Waals surface area contributed by atoms with E-state index in [1.54, 1.807) is 29.8 Å². The Labute approximate surface area is 146 Å². The number of hydrogen-bond donors (Lipinski definition) is 0. The molecule has 0 atom stereocenters. The molecule has 0 amide bonds. The second kappa shape index (κ2) is 6.56. The number of carbonyl (C=O) groups excluding carboxylic acids is 1. The molecule has 25 heavy (non-hydrogen) atoms. The van der Waals surface area contributed by atoms with Gasteiger partial charge >= 0.3 is 11.7 Å². The van der Waals surface area contributed by atoms with Crippen molar-refractivity contribution in [3.8, 4) is 0 Å². The van der Waals surface area contributed by atoms with E-state index in [0.717, 1.165) is 4.57 Å². The summed E-state index contributed by atoms with van der Waals surface area (Å²) in [4.78, 5) is 40.3. The number of aromatic nitrogens is 4. The number of fused-ring (bicyclic) bond motifs is 1. The molecule has 0 bridgehead atoms. The number of carbonyl (C=O) groups is 1. The second-order valence-electron chi connectivity index (χ2n) is 5.46. The van der Waals surface area contributed by atoms with E-state index in [0.29, 0.717) is 10.6 Å². The molecular formula is C16H15ClN4O4. The van der Waals surface area contributed by atoms with Gasteiger partial charge in [-0.1, -0.05) is 17.7 Å². The summed E-state index contributed by atoms with van der Waals surface area (Å²) in [5.41, 5.74) is 0.0193. The molecule has 0 N–H and O–H groups in total. The standard InChI is InChI=1S/C16H15ClN4O4/c1-19-13-12(14(22)20(2)16(19)24)21(9-18-13)6-7-25-15(23)10-4-3-5-11(17)8-10/h3-5,8-9H,6-7H2,1-2H3. The first-order chi connectivity index (χ1) is 11.9. The lowest BCUT2D eigenvalue weighted by atomic mass is 10.2. The van der Waals surface area contributed by atoms with Gasteiger partial charge in [0.2, 0.25) is 0 Å². The maximum atomic E-state index is 12.3. The van der Waals surface area contributed by atoms with Crippen molar-refractivity contribution < 1.29 is 9.53 Å². The summed E-state index contributed by atoms with van der Waals surface area (Å²) in [6.07, 6.45) is 1.44. The van der Waals surface area contributed by atoms with Gasteiger partial charge in [0.25, 0.3) is 5.56 Å². The van der Waals surface area contributed by atoms with Crippen molar-refractivity contribution in [2.45, 2.75) is 6.54 Å². The minimum atomic E-state index is -0.507. The Morgan fingerprint density at radius 1 is 1.24 bits per heavy atom. The summed E-state index contributed by atoms with van der Waals surface area (Å²) in [6, 6.07) is 6.44. The van der Waals surface area contributed by atoms with Gasteiger partial charge in [-0.25, -0.2) is 14.6 Å². The van der Waals surface area contributed by atoms with Crippen molar-refractivity contribution >= 4 is 28.7 Å². The molecule has 9 heteroatoms. The molecule has 130 valence electrons. The van der Waals surface area contributed by atoms with Gasteiger partial charge in [0, 0.05) is 19.1 Å². The fraction of sp³-hybridized carbons (Fsp3) is 0.250. The van der Waals surface area contributed by atoms with Crippen LogP contribution < -0.4 is 11.2 Å². The predicted octanol–water partition coefficient (Wildman–Crippen LogP) is 0.944. The third kappa shape index (κ3) is 3.08. The van der Waals surface area contributed by atoms with Crippen molar-refractivity contribution in [3.63, 3.8) is 0 Å². The highest BCUT2D eigenvalue weighted by Gasteiger charge is 2.14. The van der Waals surface area contributed by atoms with Crippen molar-refractivity contribution in [1.82, 2.24) is 18.7 Å². The van der Waals surface area contributed by atoms with Crippen LogP contribution in [0.2, 0.25) is 5.02 Å². The van der Waals surface area contributed by atoms with E-state index >= 15 is 0 Å². The molecule has 2 aromatic heterocycles. The summed E-state index contributed by atoms with van der Waals surface area (Å²) >= 11 is 5.84. The largest absolute Gasteiger partial charge is 0.460 e. The Bertz CT molecular complexity index is 1080. The number of ether oxygens (including phenoxy) is 1. The highest BCUT2D eigenvalue weighted by molar-refractivity contribution is 6.30. The normalized spacial score (nSPS) is 11.0. The minimum Gasteiger partial charge on any atom is -0.460 e. The van der Waals surface area contributed by atoms with Gasteiger partial charge in [-0.15, -0.1) is 0 Å². The molecule has 2 heterocycles. The molecule has 0 saturated carbocycles. The van der Waals surface area contributed by atoms with Gasteiger partial charge in [-0.3, -0.25) is 13.9 Å². The molecule has 0 aliphatic heterocycles. The van der Waals surface area contributed by atoms with Crippen molar-refractivity contribution in [2.24, 2.45) is 14.1 Å². The molecule has 0 unspecified atom stereocenters. The smallest absolute Gasteiger partial charge is 0.338 e. The topological polar surface area (TPSA) is 88.1 Å². The van der Waals surface area contributed by atoms with Crippen LogP contribution in [-0.4, -0.2) is 31.3 Å². The molecule has 0 radical (unpaired) electrons. The molecule has 0 saturated heterocycles. The van der Waals surface area contributed by atoms with Gasteiger partial charge in [-0.2, -0.15) is 0 Å². The molecule has 3 rings (SSSR count). The molecule has 1 aromatic carbocycles. The van der Waals surface area contributed by atoms with Gasteiger partial charge in [0.05, 0.1) is 18.4 Å². The van der Waals surface area contributed by atoms with Crippen LogP contribution in [0.3, 0.4) is 0 Å². The summed E-state index contributed by atoms with van der Waals surface area (Å²) in [5.74, 6) is -0.507. The zero-order valence-corrected chi connectivity index (χ0v) is 14.4. The molecule has 0 aliphatic rings. The van der Waals surface area contributed by atoms with Crippen LogP contribution in [0.1, 0.15) is 10.4 Å². The van der Waals surface area contributed by atoms with Crippen LogP contribution in [0.25, 0.3) is 11.2 Å². The molecular weight excluding hydrogens is 348 g/mol. The van der Waals surface area contributed by atoms with Crippen LogP contribution in [0.15, 0.2) is 40.2 Å². The van der Waals surface area contributed by atoms with Crippen LogP contribution in [-0.2, 0) is 25.4 Å². The summed E-state index contributed by atoms with van der Waals surface area (Å²) in [5, 5.41) is 0.444. The average molecular weight is 363 g/mol. The lowest BCUT2D eigenvalue weighted by Gasteiger charge is -2.08. The quantitative estimate of drug-likeness (QED) is 0.645. The number of rotatable bonds is 4. The van der Waals surface area contributed by atoms with E-state index in [1.165, 1.54) is 24.0 Å². The summed E-state index contributed by atoms with van der Waals surface area (Å²) in [7, 11) is 2.95. The second-order valence-corrected chi connectivity index (χ2v) is 5.90. The van der Waals surface area contributed by atoms with Crippen LogP contribution >= 0.6 is 11.6 Å². The van der Waals surface area contributed by atoms with Crippen molar-refractivity contribution in [3.05, 3.63) is 62.0 Å². The van der Waals surface area contributed by atoms with E-state index < -0.39 is 17.2 Å². The van der Waals surface area contributed by atoms with Gasteiger partial charge in [0.15, 0.2) is 11.2 Å². The maximum Gasteiger partial charge on any atom is 0.338 e. The Hall–Kier alpha value is -2.87. The average Bonchev–Trinajstić information content (AvgIpc) is 3.02. The monoisotopic (exact) mass is 362 g/mol. The maximum absolute atomic E-state index is 12.3. The lowest BCUT2D eigenvalue weighted by Crippen LogP contribution is -2.37. The van der Waals surface area contributed by atoms with E-state index in [1.807, 2.05) is 0 Å². The third-order valence-corrected chi connectivity index (χ3v) is 4.08. The number of nitrogens with zero attached hydrogens (tertiary/aromatic N) is 4. The molecule has 0 fully saturated rings. The van der Waals surface area contributed by atoms with E-state index in [9.17, 15) is 14.4 Å². The first kappa shape index (κ1) is 17.0. The van der Waals surface area contributed by atoms with E-state index in [-0.39, 0.29) is 24.3 Å². The fourth-order valence-electron chi connectivity index (χ4n) is 2.50. The molecule has 0 spiro atoms. The summed E-state index contributed by atoms with van der Waals surface area (Å²) < 4.78 is 9.07. The predicted molar refractivity (Wildman–Crippen MR) is 91.9 cm³/mol. The number of benzene rings is 1. The minimum absolute atomic E-state index is 0.0444. The number of hydrogen-bond acceptors (Lipinski definition) is 5. The highest BCUT2D eigenvalue weighted by atomic mass is 35.5. The Morgan fingerprint density at radius 2 is 2.00 bits per heavy atom. The van der Waals surface area contributed by atoms with Crippen LogP contribution in [0, 0.1) is 0 Å². The van der Waals surface area contributed by atoms with Crippen LogP contribution in [0.5, 0.6) is 0 Å². The van der Waals surface area contributed by atoms with Gasteiger partial charge in [-0.05, 0) is 18.2 Å². The number of aryl methyl sites for hydroxylation is 1. The zero-order valence-electron chi connectivity index (χ0n) is 13.6.